The van der Waals surface area contributed by atoms with E-state index in [9.17, 15) is 15.0 Å². The Bertz CT molecular complexity index is 964. The topological polar surface area (TPSA) is 94.5 Å². The van der Waals surface area contributed by atoms with Gasteiger partial charge < -0.3 is 29.2 Å². The van der Waals surface area contributed by atoms with E-state index in [1.807, 2.05) is 0 Å². The van der Waals surface area contributed by atoms with E-state index in [4.69, 9.17) is 18.9 Å². The maximum atomic E-state index is 12.7. The Kier molecular flexibility index (Phi) is 30.7. The first-order chi connectivity index (χ1) is 25.0. The Balaban J connectivity index is 3.22. The summed E-state index contributed by atoms with van der Waals surface area (Å²) in [6.07, 6.45) is 33.1. The van der Waals surface area contributed by atoms with E-state index in [1.165, 1.54) is 109 Å². The standard InChI is InChI=1S/C44H80O7/c1-5-9-13-17-21-25-29-31-35-49-41-39(45)38(44(46)47)40(48-34-30-26-22-18-14-10-6-2)42(50-36-32-27-23-19-15-11-7-3)43(41)51-37-33-28-24-20-16-12-8-4/h45H,5-37H2,1-4H3,(H,46,47). The number of carboxylic acids is 1. The number of carboxylic acid groups (broad SMARTS) is 1. The molecule has 0 aliphatic heterocycles. The highest BCUT2D eigenvalue weighted by atomic mass is 16.6. The van der Waals surface area contributed by atoms with Crippen LogP contribution in [-0.2, 0) is 0 Å². The van der Waals surface area contributed by atoms with E-state index in [1.54, 1.807) is 0 Å². The molecule has 7 nitrogen and oxygen atoms in total. The molecule has 0 saturated heterocycles. The minimum Gasteiger partial charge on any atom is -0.503 e. The molecule has 0 spiro atoms. The number of carbonyl (C=O) groups is 1. The lowest BCUT2D eigenvalue weighted by Gasteiger charge is -2.23. The number of phenols is 1. The summed E-state index contributed by atoms with van der Waals surface area (Å²) >= 11 is 0. The molecular weight excluding hydrogens is 640 g/mol. The van der Waals surface area contributed by atoms with Gasteiger partial charge in [-0.15, -0.1) is 0 Å². The largest absolute Gasteiger partial charge is 0.503 e. The molecule has 0 radical (unpaired) electrons. The average Bonchev–Trinajstić information content (AvgIpc) is 3.12. The van der Waals surface area contributed by atoms with Crippen LogP contribution in [0.25, 0.3) is 0 Å². The molecule has 1 aromatic rings. The fourth-order valence-electron chi connectivity index (χ4n) is 6.49. The Labute approximate surface area is 314 Å². The molecule has 0 aliphatic carbocycles. The van der Waals surface area contributed by atoms with Gasteiger partial charge in [-0.2, -0.15) is 0 Å². The fraction of sp³-hybridized carbons (Fsp3) is 0.841. The molecule has 2 N–H and O–H groups in total. The summed E-state index contributed by atoms with van der Waals surface area (Å²) < 4.78 is 25.3. The summed E-state index contributed by atoms with van der Waals surface area (Å²) in [5.74, 6) is -1.04. The van der Waals surface area contributed by atoms with Crippen LogP contribution < -0.4 is 18.9 Å². The van der Waals surface area contributed by atoms with Crippen molar-refractivity contribution < 1.29 is 34.0 Å². The average molecular weight is 721 g/mol. The number of unbranched alkanes of at least 4 members (excludes halogenated alkanes) is 25. The normalized spacial score (nSPS) is 11.2. The van der Waals surface area contributed by atoms with Crippen molar-refractivity contribution in [2.45, 2.75) is 214 Å². The lowest BCUT2D eigenvalue weighted by molar-refractivity contribution is 0.0685. The van der Waals surface area contributed by atoms with Crippen LogP contribution in [0.4, 0.5) is 0 Å². The molecule has 1 rings (SSSR count). The van der Waals surface area contributed by atoms with Gasteiger partial charge in [0.1, 0.15) is 0 Å². The van der Waals surface area contributed by atoms with E-state index >= 15 is 0 Å². The van der Waals surface area contributed by atoms with Crippen molar-refractivity contribution in [2.75, 3.05) is 26.4 Å². The van der Waals surface area contributed by atoms with Crippen LogP contribution in [-0.4, -0.2) is 42.6 Å². The van der Waals surface area contributed by atoms with E-state index < -0.39 is 11.7 Å². The van der Waals surface area contributed by atoms with Gasteiger partial charge in [-0.1, -0.05) is 188 Å². The minimum atomic E-state index is -1.27. The number of aromatic carboxylic acids is 1. The zero-order valence-electron chi connectivity index (χ0n) is 33.8. The summed E-state index contributed by atoms with van der Waals surface area (Å²) in [5.41, 5.74) is -0.304. The van der Waals surface area contributed by atoms with Crippen LogP contribution in [0, 0.1) is 0 Å². The Morgan fingerprint density at radius 2 is 0.608 bits per heavy atom. The van der Waals surface area contributed by atoms with E-state index in [0.29, 0.717) is 26.4 Å². The number of aromatic hydroxyl groups is 1. The molecule has 0 fully saturated rings. The highest BCUT2D eigenvalue weighted by molar-refractivity contribution is 5.97. The summed E-state index contributed by atoms with van der Waals surface area (Å²) in [6.45, 7) is 10.5. The molecule has 0 unspecified atom stereocenters. The lowest BCUT2D eigenvalue weighted by atomic mass is 10.1. The SMILES string of the molecule is CCCCCCCCCCOc1c(O)c(C(=O)O)c(OCCCCCCCCC)c(OCCCCCCCCC)c1OCCCCCCCCC. The maximum absolute atomic E-state index is 12.7. The number of benzene rings is 1. The predicted molar refractivity (Wildman–Crippen MR) is 214 cm³/mol. The van der Waals surface area contributed by atoms with Gasteiger partial charge in [-0.05, 0) is 25.7 Å². The highest BCUT2D eigenvalue weighted by Crippen LogP contribution is 2.54. The molecule has 298 valence electrons. The highest BCUT2D eigenvalue weighted by Gasteiger charge is 2.32. The van der Waals surface area contributed by atoms with Gasteiger partial charge in [0.2, 0.25) is 17.2 Å². The van der Waals surface area contributed by atoms with Gasteiger partial charge in [-0.25, -0.2) is 4.79 Å². The molecule has 0 bridgehead atoms. The molecule has 0 amide bonds. The van der Waals surface area contributed by atoms with Crippen molar-refractivity contribution in [3.8, 4) is 28.7 Å². The molecule has 0 aromatic heterocycles. The van der Waals surface area contributed by atoms with E-state index in [2.05, 4.69) is 27.7 Å². The van der Waals surface area contributed by atoms with Crippen molar-refractivity contribution in [2.24, 2.45) is 0 Å². The zero-order valence-corrected chi connectivity index (χ0v) is 33.8. The first-order valence-electron chi connectivity index (χ1n) is 21.7. The van der Waals surface area contributed by atoms with Crippen LogP contribution in [0.3, 0.4) is 0 Å². The first-order valence-corrected chi connectivity index (χ1v) is 21.7. The second kappa shape index (κ2) is 33.5. The van der Waals surface area contributed by atoms with Gasteiger partial charge in [-0.3, -0.25) is 0 Å². The van der Waals surface area contributed by atoms with Crippen LogP contribution in [0.2, 0.25) is 0 Å². The molecule has 0 saturated carbocycles. The zero-order chi connectivity index (χ0) is 37.2. The summed E-state index contributed by atoms with van der Waals surface area (Å²) in [5, 5.41) is 21.9. The van der Waals surface area contributed by atoms with Gasteiger partial charge in [0.25, 0.3) is 0 Å². The van der Waals surface area contributed by atoms with Crippen molar-refractivity contribution in [1.82, 2.24) is 0 Å². The quantitative estimate of drug-likeness (QED) is 0.0657. The van der Waals surface area contributed by atoms with Crippen molar-refractivity contribution in [3.63, 3.8) is 0 Å². The summed E-state index contributed by atoms with van der Waals surface area (Å²) in [4.78, 5) is 12.7. The van der Waals surface area contributed by atoms with Crippen molar-refractivity contribution in [3.05, 3.63) is 5.56 Å². The van der Waals surface area contributed by atoms with Gasteiger partial charge in [0.15, 0.2) is 17.1 Å². The smallest absolute Gasteiger partial charge is 0.343 e. The summed E-state index contributed by atoms with van der Waals surface area (Å²) in [6, 6.07) is 0. The molecule has 7 heteroatoms. The van der Waals surface area contributed by atoms with Crippen molar-refractivity contribution >= 4 is 5.97 Å². The number of hydrogen-bond donors (Lipinski definition) is 2. The number of ether oxygens (including phenoxy) is 4. The Morgan fingerprint density at radius 3 is 0.902 bits per heavy atom. The van der Waals surface area contributed by atoms with E-state index in [-0.39, 0.29) is 28.6 Å². The third-order valence-electron chi connectivity index (χ3n) is 9.74. The van der Waals surface area contributed by atoms with E-state index in [0.717, 1.165) is 77.0 Å². The molecule has 0 aliphatic rings. The second-order valence-electron chi connectivity index (χ2n) is 14.6. The monoisotopic (exact) mass is 721 g/mol. The minimum absolute atomic E-state index is 0.0583. The van der Waals surface area contributed by atoms with Crippen LogP contribution in [0.15, 0.2) is 0 Å². The third-order valence-corrected chi connectivity index (χ3v) is 9.74. The second-order valence-corrected chi connectivity index (χ2v) is 14.6. The first kappa shape index (κ1) is 46.7. The Morgan fingerprint density at radius 1 is 0.373 bits per heavy atom. The van der Waals surface area contributed by atoms with Crippen LogP contribution in [0.5, 0.6) is 28.7 Å². The molecule has 51 heavy (non-hydrogen) atoms. The number of rotatable bonds is 38. The lowest BCUT2D eigenvalue weighted by Crippen LogP contribution is -2.13. The molecule has 0 atom stereocenters. The Hall–Kier alpha value is -2.31. The molecule has 1 aromatic carbocycles. The summed E-state index contributed by atoms with van der Waals surface area (Å²) in [7, 11) is 0. The van der Waals surface area contributed by atoms with Gasteiger partial charge in [0.05, 0.1) is 26.4 Å². The third kappa shape index (κ3) is 22.4. The fourth-order valence-corrected chi connectivity index (χ4v) is 6.49. The molecule has 0 heterocycles. The number of hydrogen-bond acceptors (Lipinski definition) is 6. The van der Waals surface area contributed by atoms with Crippen molar-refractivity contribution in [1.29, 1.82) is 0 Å². The van der Waals surface area contributed by atoms with Gasteiger partial charge >= 0.3 is 5.97 Å². The maximum Gasteiger partial charge on any atom is 0.343 e. The predicted octanol–water partition coefficient (Wildman–Crippen LogP) is 14.0. The molecular formula is C44H80O7. The van der Waals surface area contributed by atoms with Crippen LogP contribution in [0.1, 0.15) is 224 Å². The van der Waals surface area contributed by atoms with Crippen LogP contribution >= 0.6 is 0 Å². The van der Waals surface area contributed by atoms with Gasteiger partial charge in [0, 0.05) is 0 Å².